The molecule has 2 aromatic heterocycles. The summed E-state index contributed by atoms with van der Waals surface area (Å²) in [4.78, 5) is 12.5. The topological polar surface area (TPSA) is 69.2 Å². The number of nitrogens with one attached hydrogen (secondary N) is 1. The lowest BCUT2D eigenvalue weighted by atomic mass is 10.3. The molecule has 0 aromatic carbocycles. The van der Waals surface area contributed by atoms with Crippen LogP contribution in [0.5, 0.6) is 5.88 Å². The van der Waals surface area contributed by atoms with Crippen LogP contribution in [0.15, 0.2) is 30.6 Å². The maximum atomic E-state index is 5.49. The largest absolute Gasteiger partial charge is 0.475 e. The number of pyridine rings is 1. The summed E-state index contributed by atoms with van der Waals surface area (Å²) in [6.45, 7) is 3.51. The first kappa shape index (κ1) is 14.2. The van der Waals surface area contributed by atoms with Gasteiger partial charge in [-0.1, -0.05) is 0 Å². The van der Waals surface area contributed by atoms with Crippen LogP contribution in [0.25, 0.3) is 0 Å². The third-order valence-corrected chi connectivity index (χ3v) is 2.57. The number of hydrogen-bond acceptors (Lipinski definition) is 6. The summed E-state index contributed by atoms with van der Waals surface area (Å²) < 4.78 is 10.4. The van der Waals surface area contributed by atoms with E-state index in [0.717, 1.165) is 11.4 Å². The molecule has 0 saturated heterocycles. The maximum Gasteiger partial charge on any atom is 0.218 e. The van der Waals surface area contributed by atoms with Gasteiger partial charge in [0.15, 0.2) is 0 Å². The van der Waals surface area contributed by atoms with E-state index >= 15 is 0 Å². The first-order valence-electron chi connectivity index (χ1n) is 6.38. The molecule has 0 fully saturated rings. The van der Waals surface area contributed by atoms with Crippen molar-refractivity contribution in [3.63, 3.8) is 0 Å². The molecule has 0 bridgehead atoms. The zero-order valence-corrected chi connectivity index (χ0v) is 11.7. The van der Waals surface area contributed by atoms with E-state index in [1.54, 1.807) is 25.6 Å². The number of aryl methyl sites for hydroxylation is 1. The Morgan fingerprint density at radius 2 is 1.95 bits per heavy atom. The van der Waals surface area contributed by atoms with Gasteiger partial charge in [-0.05, 0) is 24.6 Å². The first-order chi connectivity index (χ1) is 9.78. The van der Waals surface area contributed by atoms with Crippen LogP contribution in [0.2, 0.25) is 0 Å². The third kappa shape index (κ3) is 4.47. The second kappa shape index (κ2) is 7.40. The predicted molar refractivity (Wildman–Crippen MR) is 75.7 cm³/mol. The van der Waals surface area contributed by atoms with Gasteiger partial charge in [0.1, 0.15) is 18.2 Å². The van der Waals surface area contributed by atoms with Gasteiger partial charge in [-0.2, -0.15) is 4.98 Å². The fourth-order valence-electron chi connectivity index (χ4n) is 1.63. The zero-order chi connectivity index (χ0) is 14.2. The molecule has 0 amide bonds. The summed E-state index contributed by atoms with van der Waals surface area (Å²) in [5, 5.41) is 3.24. The van der Waals surface area contributed by atoms with Crippen LogP contribution in [0.3, 0.4) is 0 Å². The Balaban J connectivity index is 1.97. The van der Waals surface area contributed by atoms with E-state index in [0.29, 0.717) is 31.5 Å². The summed E-state index contributed by atoms with van der Waals surface area (Å²) in [6.07, 6.45) is 3.53. The molecule has 0 saturated carbocycles. The van der Waals surface area contributed by atoms with E-state index in [1.807, 2.05) is 19.1 Å². The van der Waals surface area contributed by atoms with Crippen LogP contribution in [0.1, 0.15) is 11.4 Å². The Kier molecular flexibility index (Phi) is 5.25. The highest BCUT2D eigenvalue weighted by molar-refractivity contribution is 5.39. The Morgan fingerprint density at radius 3 is 2.70 bits per heavy atom. The monoisotopic (exact) mass is 274 g/mol. The van der Waals surface area contributed by atoms with Crippen molar-refractivity contribution >= 4 is 5.82 Å². The highest BCUT2D eigenvalue weighted by atomic mass is 16.5. The molecular formula is C14H18N4O2. The van der Waals surface area contributed by atoms with Crippen LogP contribution in [-0.2, 0) is 11.3 Å². The van der Waals surface area contributed by atoms with Crippen molar-refractivity contribution in [1.82, 2.24) is 15.0 Å². The Labute approximate surface area is 118 Å². The standard InChI is InChI=1S/C14H18N4O2/c1-11-17-13(9-14(18-11)20-8-7-19-2)16-10-12-3-5-15-6-4-12/h3-6,9H,7-8,10H2,1-2H3,(H,16,17,18). The van der Waals surface area contributed by atoms with E-state index in [4.69, 9.17) is 9.47 Å². The van der Waals surface area contributed by atoms with Crippen LogP contribution >= 0.6 is 0 Å². The van der Waals surface area contributed by atoms with Gasteiger partial charge < -0.3 is 14.8 Å². The highest BCUT2D eigenvalue weighted by Gasteiger charge is 2.03. The van der Waals surface area contributed by atoms with E-state index in [-0.39, 0.29) is 0 Å². The number of hydrogen-bond donors (Lipinski definition) is 1. The average molecular weight is 274 g/mol. The summed E-state index contributed by atoms with van der Waals surface area (Å²) in [7, 11) is 1.64. The molecule has 0 radical (unpaired) electrons. The van der Waals surface area contributed by atoms with Crippen molar-refractivity contribution in [3.8, 4) is 5.88 Å². The second-order valence-corrected chi connectivity index (χ2v) is 4.19. The number of nitrogens with zero attached hydrogens (tertiary/aromatic N) is 3. The van der Waals surface area contributed by atoms with Gasteiger partial charge in [-0.15, -0.1) is 0 Å². The van der Waals surface area contributed by atoms with Gasteiger partial charge in [0.05, 0.1) is 6.61 Å². The number of rotatable bonds is 7. The molecule has 2 rings (SSSR count). The van der Waals surface area contributed by atoms with E-state index < -0.39 is 0 Å². The van der Waals surface area contributed by atoms with Gasteiger partial charge in [0.25, 0.3) is 0 Å². The average Bonchev–Trinajstić information content (AvgIpc) is 2.46. The van der Waals surface area contributed by atoms with Gasteiger partial charge in [-0.25, -0.2) is 4.98 Å². The minimum Gasteiger partial charge on any atom is -0.475 e. The third-order valence-electron chi connectivity index (χ3n) is 2.57. The van der Waals surface area contributed by atoms with Gasteiger partial charge in [-0.3, -0.25) is 4.98 Å². The van der Waals surface area contributed by atoms with Gasteiger partial charge >= 0.3 is 0 Å². The molecule has 2 heterocycles. The molecule has 1 N–H and O–H groups in total. The van der Waals surface area contributed by atoms with Crippen LogP contribution in [0.4, 0.5) is 5.82 Å². The number of aromatic nitrogens is 3. The normalized spacial score (nSPS) is 10.3. The molecule has 0 aliphatic carbocycles. The Morgan fingerprint density at radius 1 is 1.15 bits per heavy atom. The lowest BCUT2D eigenvalue weighted by Gasteiger charge is -2.09. The Bertz CT molecular complexity index is 534. The molecule has 0 aliphatic rings. The van der Waals surface area contributed by atoms with Crippen molar-refractivity contribution in [2.45, 2.75) is 13.5 Å². The molecule has 2 aromatic rings. The van der Waals surface area contributed by atoms with Crippen LogP contribution in [0, 0.1) is 6.92 Å². The van der Waals surface area contributed by atoms with Crippen molar-refractivity contribution in [3.05, 3.63) is 42.0 Å². The van der Waals surface area contributed by atoms with E-state index in [9.17, 15) is 0 Å². The SMILES string of the molecule is COCCOc1cc(NCc2ccncc2)nc(C)n1. The first-order valence-corrected chi connectivity index (χ1v) is 6.38. The fourth-order valence-corrected chi connectivity index (χ4v) is 1.63. The fraction of sp³-hybridized carbons (Fsp3) is 0.357. The summed E-state index contributed by atoms with van der Waals surface area (Å²) in [5.74, 6) is 1.95. The number of ether oxygens (including phenoxy) is 2. The summed E-state index contributed by atoms with van der Waals surface area (Å²) >= 11 is 0. The lowest BCUT2D eigenvalue weighted by Crippen LogP contribution is -2.08. The molecular weight excluding hydrogens is 256 g/mol. The Hall–Kier alpha value is -2.21. The summed E-state index contributed by atoms with van der Waals surface area (Å²) in [6, 6.07) is 5.69. The molecule has 0 atom stereocenters. The maximum absolute atomic E-state index is 5.49. The lowest BCUT2D eigenvalue weighted by molar-refractivity contribution is 0.143. The van der Waals surface area contributed by atoms with Crippen molar-refractivity contribution < 1.29 is 9.47 Å². The van der Waals surface area contributed by atoms with Crippen LogP contribution < -0.4 is 10.1 Å². The molecule has 0 unspecified atom stereocenters. The van der Waals surface area contributed by atoms with E-state index in [1.165, 1.54) is 0 Å². The molecule has 106 valence electrons. The molecule has 6 heteroatoms. The molecule has 6 nitrogen and oxygen atoms in total. The molecule has 0 aliphatic heterocycles. The van der Waals surface area contributed by atoms with Crippen molar-refractivity contribution in [1.29, 1.82) is 0 Å². The van der Waals surface area contributed by atoms with E-state index in [2.05, 4.69) is 20.3 Å². The van der Waals surface area contributed by atoms with Gasteiger partial charge in [0.2, 0.25) is 5.88 Å². The quantitative estimate of drug-likeness (QED) is 0.777. The zero-order valence-electron chi connectivity index (χ0n) is 11.7. The minimum atomic E-state index is 0.469. The second-order valence-electron chi connectivity index (χ2n) is 4.19. The van der Waals surface area contributed by atoms with Gasteiger partial charge in [0, 0.05) is 32.1 Å². The minimum absolute atomic E-state index is 0.469. The van der Waals surface area contributed by atoms with Crippen molar-refractivity contribution in [2.75, 3.05) is 25.6 Å². The number of methoxy groups -OCH3 is 1. The number of anilines is 1. The molecule has 20 heavy (non-hydrogen) atoms. The smallest absolute Gasteiger partial charge is 0.218 e. The molecule has 0 spiro atoms. The van der Waals surface area contributed by atoms with Crippen molar-refractivity contribution in [2.24, 2.45) is 0 Å². The van der Waals surface area contributed by atoms with Crippen LogP contribution in [-0.4, -0.2) is 35.3 Å². The summed E-state index contributed by atoms with van der Waals surface area (Å²) in [5.41, 5.74) is 1.14. The predicted octanol–water partition coefficient (Wildman–Crippen LogP) is 1.82. The highest BCUT2D eigenvalue weighted by Crippen LogP contribution is 2.14.